The highest BCUT2D eigenvalue weighted by Gasteiger charge is 2.12. The fourth-order valence-electron chi connectivity index (χ4n) is 1.81. The number of rotatable bonds is 6. The number of likely N-dealkylation sites (N-methyl/N-ethyl adjacent to an activating group) is 1. The number of benzene rings is 2. The van der Waals surface area contributed by atoms with E-state index < -0.39 is 5.97 Å². The highest BCUT2D eigenvalue weighted by atomic mass is 16.5. The summed E-state index contributed by atoms with van der Waals surface area (Å²) in [4.78, 5) is 23.3. The maximum absolute atomic E-state index is 12.1. The second-order valence-corrected chi connectivity index (χ2v) is 4.78. The van der Waals surface area contributed by atoms with Gasteiger partial charge in [-0.25, -0.2) is 4.79 Å². The van der Waals surface area contributed by atoms with Crippen molar-refractivity contribution in [3.05, 3.63) is 59.7 Å². The fourth-order valence-corrected chi connectivity index (χ4v) is 1.81. The first-order chi connectivity index (χ1) is 11.1. The molecule has 0 aromatic heterocycles. The van der Waals surface area contributed by atoms with E-state index in [4.69, 9.17) is 15.2 Å². The molecule has 0 heterocycles. The quantitative estimate of drug-likeness (QED) is 0.626. The minimum Gasteiger partial charge on any atom is -0.482 e. The van der Waals surface area contributed by atoms with Gasteiger partial charge in [0.05, 0.1) is 11.3 Å². The average molecular weight is 314 g/mol. The number of amides is 1. The van der Waals surface area contributed by atoms with Gasteiger partial charge in [-0.05, 0) is 23.8 Å². The Morgan fingerprint density at radius 3 is 2.57 bits per heavy atom. The van der Waals surface area contributed by atoms with E-state index in [0.717, 1.165) is 5.56 Å². The summed E-state index contributed by atoms with van der Waals surface area (Å²) in [7, 11) is 1.51. The van der Waals surface area contributed by atoms with Gasteiger partial charge in [0, 0.05) is 7.05 Å². The number of ether oxygens (including phenoxy) is 2. The highest BCUT2D eigenvalue weighted by Crippen LogP contribution is 2.23. The molecule has 0 bridgehead atoms. The van der Waals surface area contributed by atoms with Crippen LogP contribution >= 0.6 is 0 Å². The topological polar surface area (TPSA) is 90.6 Å². The summed E-state index contributed by atoms with van der Waals surface area (Å²) in [6.45, 7) is 0.00168. The summed E-state index contributed by atoms with van der Waals surface area (Å²) < 4.78 is 10.5. The predicted octanol–water partition coefficient (Wildman–Crippen LogP) is 1.75. The molecule has 0 aliphatic carbocycles. The molecule has 23 heavy (non-hydrogen) atoms. The Hall–Kier alpha value is -3.02. The monoisotopic (exact) mass is 314 g/mol. The van der Waals surface area contributed by atoms with Gasteiger partial charge in [-0.1, -0.05) is 30.3 Å². The van der Waals surface area contributed by atoms with Gasteiger partial charge < -0.3 is 20.5 Å². The van der Waals surface area contributed by atoms with Crippen molar-refractivity contribution < 1.29 is 19.1 Å². The third-order valence-corrected chi connectivity index (χ3v) is 3.10. The van der Waals surface area contributed by atoms with Crippen molar-refractivity contribution in [1.29, 1.82) is 0 Å². The molecule has 0 saturated heterocycles. The van der Waals surface area contributed by atoms with Crippen LogP contribution in [0.15, 0.2) is 48.5 Å². The van der Waals surface area contributed by atoms with Crippen LogP contribution in [0.2, 0.25) is 0 Å². The Morgan fingerprint density at radius 2 is 1.87 bits per heavy atom. The van der Waals surface area contributed by atoms with Gasteiger partial charge in [0.25, 0.3) is 5.91 Å². The van der Waals surface area contributed by atoms with Crippen LogP contribution in [0.4, 0.5) is 5.69 Å². The molecule has 0 unspecified atom stereocenters. The number of esters is 1. The molecule has 6 heteroatoms. The van der Waals surface area contributed by atoms with Crippen LogP contribution in [0, 0.1) is 0 Å². The van der Waals surface area contributed by atoms with Crippen LogP contribution in [-0.4, -0.2) is 25.5 Å². The number of hydrogen-bond acceptors (Lipinski definition) is 5. The van der Waals surface area contributed by atoms with Gasteiger partial charge in [0.2, 0.25) is 0 Å². The Balaban J connectivity index is 2.01. The molecule has 0 radical (unpaired) electrons. The minimum absolute atomic E-state index is 0.177. The summed E-state index contributed by atoms with van der Waals surface area (Å²) in [6, 6.07) is 13.9. The summed E-state index contributed by atoms with van der Waals surface area (Å²) in [5, 5.41) is 2.43. The molecule has 0 fully saturated rings. The zero-order chi connectivity index (χ0) is 16.7. The van der Waals surface area contributed by atoms with Crippen LogP contribution in [-0.2, 0) is 16.1 Å². The van der Waals surface area contributed by atoms with Crippen molar-refractivity contribution in [2.24, 2.45) is 0 Å². The maximum Gasteiger partial charge on any atom is 0.338 e. The van der Waals surface area contributed by atoms with Gasteiger partial charge in [0.1, 0.15) is 12.4 Å². The number of nitrogen functional groups attached to an aromatic ring is 1. The molecule has 2 aromatic rings. The molecule has 0 aliphatic heterocycles. The van der Waals surface area contributed by atoms with Crippen molar-refractivity contribution in [2.45, 2.75) is 6.61 Å². The van der Waals surface area contributed by atoms with E-state index in [1.807, 2.05) is 30.3 Å². The lowest BCUT2D eigenvalue weighted by Crippen LogP contribution is -2.25. The van der Waals surface area contributed by atoms with Crippen molar-refractivity contribution in [3.8, 4) is 5.75 Å². The first-order valence-corrected chi connectivity index (χ1v) is 7.04. The molecule has 2 rings (SSSR count). The van der Waals surface area contributed by atoms with E-state index >= 15 is 0 Å². The molecule has 3 N–H and O–H groups in total. The second-order valence-electron chi connectivity index (χ2n) is 4.78. The molecule has 1 amide bonds. The second kappa shape index (κ2) is 7.84. The molecule has 120 valence electrons. The number of nitrogens with two attached hydrogens (primary N) is 1. The molecule has 0 saturated carbocycles. The van der Waals surface area contributed by atoms with Crippen molar-refractivity contribution >= 4 is 17.6 Å². The van der Waals surface area contributed by atoms with Crippen LogP contribution in [0.1, 0.15) is 15.9 Å². The van der Waals surface area contributed by atoms with Crippen molar-refractivity contribution in [3.63, 3.8) is 0 Å². The first kappa shape index (κ1) is 16.4. The SMILES string of the molecule is CNC(=O)COc1cc(C(=O)OCc2ccccc2)ccc1N. The lowest BCUT2D eigenvalue weighted by atomic mass is 10.2. The largest absolute Gasteiger partial charge is 0.482 e. The zero-order valence-corrected chi connectivity index (χ0v) is 12.7. The number of hydrogen-bond donors (Lipinski definition) is 2. The molecule has 0 aliphatic rings. The van der Waals surface area contributed by atoms with E-state index in [1.165, 1.54) is 19.2 Å². The van der Waals surface area contributed by atoms with Crippen molar-refractivity contribution in [1.82, 2.24) is 5.32 Å². The maximum atomic E-state index is 12.1. The van der Waals surface area contributed by atoms with Gasteiger partial charge in [-0.15, -0.1) is 0 Å². The predicted molar refractivity (Wildman–Crippen MR) is 86.0 cm³/mol. The molecule has 0 atom stereocenters. The van der Waals surface area contributed by atoms with Gasteiger partial charge in [-0.2, -0.15) is 0 Å². The standard InChI is InChI=1S/C17H18N2O4/c1-19-16(20)11-22-15-9-13(7-8-14(15)18)17(21)23-10-12-5-3-2-4-6-12/h2-9H,10-11,18H2,1H3,(H,19,20). The molecular formula is C17H18N2O4. The van der Waals surface area contributed by atoms with Crippen LogP contribution in [0.25, 0.3) is 0 Å². The third kappa shape index (κ3) is 4.74. The minimum atomic E-state index is -0.487. The first-order valence-electron chi connectivity index (χ1n) is 7.04. The third-order valence-electron chi connectivity index (χ3n) is 3.10. The number of nitrogens with one attached hydrogen (secondary N) is 1. The van der Waals surface area contributed by atoms with Gasteiger partial charge in [0.15, 0.2) is 6.61 Å². The molecule has 2 aromatic carbocycles. The Morgan fingerprint density at radius 1 is 1.13 bits per heavy atom. The lowest BCUT2D eigenvalue weighted by Gasteiger charge is -2.10. The summed E-state index contributed by atoms with van der Waals surface area (Å²) >= 11 is 0. The lowest BCUT2D eigenvalue weighted by molar-refractivity contribution is -0.122. The average Bonchev–Trinajstić information content (AvgIpc) is 2.59. The zero-order valence-electron chi connectivity index (χ0n) is 12.7. The molecule has 0 spiro atoms. The van der Waals surface area contributed by atoms with Gasteiger partial charge in [-0.3, -0.25) is 4.79 Å². The summed E-state index contributed by atoms with van der Waals surface area (Å²) in [6.07, 6.45) is 0. The Kier molecular flexibility index (Phi) is 5.57. The summed E-state index contributed by atoms with van der Waals surface area (Å²) in [5.74, 6) is -0.511. The smallest absolute Gasteiger partial charge is 0.338 e. The fraction of sp³-hybridized carbons (Fsp3) is 0.176. The van der Waals surface area contributed by atoms with E-state index in [-0.39, 0.29) is 24.9 Å². The number of carbonyl (C=O) groups is 2. The van der Waals surface area contributed by atoms with Crippen molar-refractivity contribution in [2.75, 3.05) is 19.4 Å². The number of anilines is 1. The molecular weight excluding hydrogens is 296 g/mol. The van der Waals surface area contributed by atoms with Gasteiger partial charge >= 0.3 is 5.97 Å². The van der Waals surface area contributed by atoms with Crippen LogP contribution in [0.3, 0.4) is 0 Å². The highest BCUT2D eigenvalue weighted by molar-refractivity contribution is 5.90. The Bertz CT molecular complexity index is 686. The Labute approximate surface area is 134 Å². The van der Waals surface area contributed by atoms with E-state index in [9.17, 15) is 9.59 Å². The van der Waals surface area contributed by atoms with Crippen LogP contribution in [0.5, 0.6) is 5.75 Å². The van der Waals surface area contributed by atoms with E-state index in [0.29, 0.717) is 11.3 Å². The number of carbonyl (C=O) groups excluding carboxylic acids is 2. The normalized spacial score (nSPS) is 9.96. The van der Waals surface area contributed by atoms with E-state index in [1.54, 1.807) is 6.07 Å². The molecule has 6 nitrogen and oxygen atoms in total. The van der Waals surface area contributed by atoms with Crippen LogP contribution < -0.4 is 15.8 Å². The summed E-state index contributed by atoms with van der Waals surface area (Å²) in [5.41, 5.74) is 7.32. The van der Waals surface area contributed by atoms with E-state index in [2.05, 4.69) is 5.32 Å².